The Kier molecular flexibility index (Phi) is 8.62. The molecule has 5 nitrogen and oxygen atoms in total. The molecule has 0 fully saturated rings. The van der Waals surface area contributed by atoms with Crippen LogP contribution in [0, 0.1) is 0 Å². The lowest BCUT2D eigenvalue weighted by molar-refractivity contribution is -0.0512. The Hall–Kier alpha value is -3.87. The van der Waals surface area contributed by atoms with E-state index in [1.807, 2.05) is 42.5 Å². The Morgan fingerprint density at radius 2 is 1.62 bits per heavy atom. The molecule has 0 N–H and O–H groups in total. The first-order chi connectivity index (χ1) is 16.4. The molecule has 0 radical (unpaired) electrons. The maximum Gasteiger partial charge on any atom is 0.387 e. The van der Waals surface area contributed by atoms with Crippen LogP contribution in [0.1, 0.15) is 34.0 Å². The Balaban J connectivity index is 1.73. The summed E-state index contributed by atoms with van der Waals surface area (Å²) in [6, 6.07) is 17.5. The first kappa shape index (κ1) is 24.8. The van der Waals surface area contributed by atoms with Crippen molar-refractivity contribution in [2.75, 3.05) is 14.2 Å². The van der Waals surface area contributed by atoms with E-state index in [1.54, 1.807) is 13.2 Å². The topological polar surface area (TPSA) is 54.0 Å². The molecule has 0 aliphatic heterocycles. The summed E-state index contributed by atoms with van der Waals surface area (Å²) in [5.74, 6) is 1.03. The lowest BCUT2D eigenvalue weighted by Gasteiger charge is -2.12. The molecule has 0 spiro atoms. The van der Waals surface area contributed by atoms with E-state index in [0.29, 0.717) is 12.4 Å². The highest BCUT2D eigenvalue weighted by Gasteiger charge is 2.13. The number of carbonyl (C=O) groups is 1. The molecule has 0 saturated heterocycles. The second-order valence-electron chi connectivity index (χ2n) is 7.30. The zero-order chi connectivity index (χ0) is 24.5. The van der Waals surface area contributed by atoms with Gasteiger partial charge in [0.1, 0.15) is 18.1 Å². The van der Waals surface area contributed by atoms with E-state index in [2.05, 4.69) is 11.7 Å². The van der Waals surface area contributed by atoms with Gasteiger partial charge in [-0.15, -0.1) is 0 Å². The Bertz CT molecular complexity index is 1140. The largest absolute Gasteiger partial charge is 0.496 e. The number of ether oxygens (including phenoxy) is 4. The van der Waals surface area contributed by atoms with E-state index in [9.17, 15) is 13.6 Å². The summed E-state index contributed by atoms with van der Waals surface area (Å²) >= 11 is 0. The highest BCUT2D eigenvalue weighted by molar-refractivity contribution is 6.07. The fourth-order valence-electron chi connectivity index (χ4n) is 3.28. The van der Waals surface area contributed by atoms with Gasteiger partial charge in [0.25, 0.3) is 0 Å². The lowest BCUT2D eigenvalue weighted by atomic mass is 10.1. The van der Waals surface area contributed by atoms with Gasteiger partial charge in [-0.3, -0.25) is 4.79 Å². The van der Waals surface area contributed by atoms with E-state index < -0.39 is 6.61 Å². The van der Waals surface area contributed by atoms with Crippen molar-refractivity contribution in [3.05, 3.63) is 89.0 Å². The van der Waals surface area contributed by atoms with Gasteiger partial charge in [-0.25, -0.2) is 0 Å². The minimum Gasteiger partial charge on any atom is -0.496 e. The molecule has 3 aromatic rings. The maximum atomic E-state index is 12.6. The van der Waals surface area contributed by atoms with Crippen molar-refractivity contribution in [1.82, 2.24) is 0 Å². The normalized spacial score (nSPS) is 11.0. The zero-order valence-corrected chi connectivity index (χ0v) is 19.2. The third kappa shape index (κ3) is 6.57. The number of rotatable bonds is 11. The zero-order valence-electron chi connectivity index (χ0n) is 19.2. The number of carbonyl (C=O) groups excluding carboxylic acids is 1. The van der Waals surface area contributed by atoms with Gasteiger partial charge >= 0.3 is 6.61 Å². The predicted molar refractivity (Wildman–Crippen MR) is 126 cm³/mol. The molecule has 3 aromatic carbocycles. The molecule has 0 bridgehead atoms. The third-order valence-corrected chi connectivity index (χ3v) is 5.12. The predicted octanol–water partition coefficient (Wildman–Crippen LogP) is 6.34. The summed E-state index contributed by atoms with van der Waals surface area (Å²) in [5, 5.41) is 0. The van der Waals surface area contributed by atoms with Gasteiger partial charge in [0.15, 0.2) is 17.3 Å². The molecule has 0 unspecified atom stereocenters. The Morgan fingerprint density at radius 1 is 0.912 bits per heavy atom. The first-order valence-electron chi connectivity index (χ1n) is 10.7. The van der Waals surface area contributed by atoms with Gasteiger partial charge < -0.3 is 18.9 Å². The van der Waals surface area contributed by atoms with E-state index in [0.717, 1.165) is 23.3 Å². The summed E-state index contributed by atoms with van der Waals surface area (Å²) in [4.78, 5) is 12.6. The number of halogens is 2. The number of aryl methyl sites for hydroxylation is 1. The fourth-order valence-corrected chi connectivity index (χ4v) is 3.28. The molecule has 3 rings (SSSR count). The summed E-state index contributed by atoms with van der Waals surface area (Å²) in [6.45, 7) is -0.593. The van der Waals surface area contributed by atoms with Crippen molar-refractivity contribution in [3.8, 4) is 23.0 Å². The molecule has 0 aliphatic carbocycles. The second-order valence-corrected chi connectivity index (χ2v) is 7.30. The van der Waals surface area contributed by atoms with Crippen LogP contribution < -0.4 is 18.9 Å². The molecular weight excluding hydrogens is 442 g/mol. The molecule has 7 heteroatoms. The molecule has 178 valence electrons. The summed E-state index contributed by atoms with van der Waals surface area (Å²) < 4.78 is 45.8. The van der Waals surface area contributed by atoms with Gasteiger partial charge in [0, 0.05) is 11.1 Å². The lowest BCUT2D eigenvalue weighted by Crippen LogP contribution is -2.04. The smallest absolute Gasteiger partial charge is 0.387 e. The van der Waals surface area contributed by atoms with Gasteiger partial charge in [-0.1, -0.05) is 31.2 Å². The van der Waals surface area contributed by atoms with Crippen LogP contribution >= 0.6 is 0 Å². The number of hydrogen-bond acceptors (Lipinski definition) is 5. The highest BCUT2D eigenvalue weighted by atomic mass is 19.3. The van der Waals surface area contributed by atoms with Gasteiger partial charge in [-0.2, -0.15) is 8.78 Å². The van der Waals surface area contributed by atoms with Crippen molar-refractivity contribution in [3.63, 3.8) is 0 Å². The SMILES string of the molecule is CCc1ccc(OCc2cc(/C=C/C(=O)c3ccc(OC(F)F)c(OC)c3)ccc2OC)cc1. The van der Waals surface area contributed by atoms with Crippen LogP contribution in [-0.2, 0) is 13.0 Å². The number of alkyl halides is 2. The number of methoxy groups -OCH3 is 2. The van der Waals surface area contributed by atoms with Crippen LogP contribution in [0.4, 0.5) is 8.78 Å². The van der Waals surface area contributed by atoms with Crippen molar-refractivity contribution < 1.29 is 32.5 Å². The van der Waals surface area contributed by atoms with Crippen LogP contribution in [0.5, 0.6) is 23.0 Å². The molecular formula is C27H26F2O5. The third-order valence-electron chi connectivity index (χ3n) is 5.12. The number of benzene rings is 3. The van der Waals surface area contributed by atoms with Gasteiger partial charge in [-0.05, 0) is 66.1 Å². The van der Waals surface area contributed by atoms with Gasteiger partial charge in [0.2, 0.25) is 0 Å². The molecule has 34 heavy (non-hydrogen) atoms. The first-order valence-corrected chi connectivity index (χ1v) is 10.7. The van der Waals surface area contributed by atoms with E-state index in [4.69, 9.17) is 14.2 Å². The Labute approximate surface area is 197 Å². The number of hydrogen-bond donors (Lipinski definition) is 0. The number of allylic oxidation sites excluding steroid dienone is 1. The summed E-state index contributed by atoms with van der Waals surface area (Å²) in [6.07, 6.45) is 4.03. The van der Waals surface area contributed by atoms with E-state index >= 15 is 0 Å². The molecule has 0 saturated carbocycles. The highest BCUT2D eigenvalue weighted by Crippen LogP contribution is 2.30. The van der Waals surface area contributed by atoms with Crippen LogP contribution in [0.2, 0.25) is 0 Å². The fraction of sp³-hybridized carbons (Fsp3) is 0.222. The monoisotopic (exact) mass is 468 g/mol. The minimum absolute atomic E-state index is 0.0513. The van der Waals surface area contributed by atoms with Gasteiger partial charge in [0.05, 0.1) is 14.2 Å². The quantitative estimate of drug-likeness (QED) is 0.243. The second kappa shape index (κ2) is 11.8. The minimum atomic E-state index is -2.99. The van der Waals surface area contributed by atoms with Crippen molar-refractivity contribution in [2.45, 2.75) is 26.6 Å². The molecule has 0 heterocycles. The van der Waals surface area contributed by atoms with Crippen LogP contribution in [0.25, 0.3) is 6.08 Å². The van der Waals surface area contributed by atoms with Crippen LogP contribution in [-0.4, -0.2) is 26.6 Å². The Morgan fingerprint density at radius 3 is 2.26 bits per heavy atom. The summed E-state index contributed by atoms with van der Waals surface area (Å²) in [7, 11) is 2.90. The van der Waals surface area contributed by atoms with Crippen molar-refractivity contribution in [1.29, 1.82) is 0 Å². The molecule has 0 aliphatic rings. The van der Waals surface area contributed by atoms with Crippen LogP contribution in [0.3, 0.4) is 0 Å². The van der Waals surface area contributed by atoms with Crippen molar-refractivity contribution in [2.24, 2.45) is 0 Å². The van der Waals surface area contributed by atoms with E-state index in [1.165, 1.54) is 36.9 Å². The van der Waals surface area contributed by atoms with Crippen molar-refractivity contribution >= 4 is 11.9 Å². The van der Waals surface area contributed by atoms with E-state index in [-0.39, 0.29) is 22.8 Å². The molecule has 0 amide bonds. The molecule has 0 atom stereocenters. The number of ketones is 1. The maximum absolute atomic E-state index is 12.6. The average Bonchev–Trinajstić information content (AvgIpc) is 2.86. The molecule has 0 aromatic heterocycles. The van der Waals surface area contributed by atoms with Crippen LogP contribution in [0.15, 0.2) is 66.7 Å². The average molecular weight is 468 g/mol. The standard InChI is InChI=1S/C27H26F2O5/c1-4-18-5-10-22(11-6-18)33-17-21-15-19(8-13-24(21)31-2)7-12-23(30)20-9-14-25(34-27(28)29)26(16-20)32-3/h5-16,27H,4,17H2,1-3H3/b12-7+. The summed E-state index contributed by atoms with van der Waals surface area (Å²) in [5.41, 5.74) is 3.11.